The summed E-state index contributed by atoms with van der Waals surface area (Å²) < 4.78 is 2.05. The fraction of sp³-hybridized carbons (Fsp3) is 0.625. The van der Waals surface area contributed by atoms with Crippen LogP contribution in [-0.2, 0) is 24.3 Å². The van der Waals surface area contributed by atoms with Crippen LogP contribution in [0.15, 0.2) is 18.2 Å². The topological polar surface area (TPSA) is 58.4 Å². The molecule has 1 aliphatic heterocycles. The third-order valence-electron chi connectivity index (χ3n) is 4.42. The number of rotatable bonds is 5. The zero-order chi connectivity index (χ0) is 14.7. The molecule has 0 saturated heterocycles. The van der Waals surface area contributed by atoms with Crippen LogP contribution < -0.4 is 0 Å². The lowest BCUT2D eigenvalue weighted by Crippen LogP contribution is -2.37. The van der Waals surface area contributed by atoms with E-state index in [1.165, 1.54) is 31.5 Å². The molecule has 1 N–H and O–H groups in total. The molecule has 5 heteroatoms. The van der Waals surface area contributed by atoms with Crippen LogP contribution in [0, 0.1) is 5.92 Å². The Labute approximate surface area is 125 Å². The largest absolute Gasteiger partial charge is 0.481 e. The Kier molecular flexibility index (Phi) is 4.39. The fourth-order valence-corrected chi connectivity index (χ4v) is 3.28. The summed E-state index contributed by atoms with van der Waals surface area (Å²) in [6.07, 6.45) is 9.02. The number of hydrogen-bond donors (Lipinski definition) is 1. The predicted molar refractivity (Wildman–Crippen MR) is 79.9 cm³/mol. The standard InChI is InChI=1S/C16H23N3O2/c20-16(21)7-6-14-10-15-12-18(8-9-19(15)17-14)11-13-4-2-1-3-5-13/h1-2,10,13H,3-9,11-12H2,(H,20,21). The number of fused-ring (bicyclic) bond motifs is 1. The average molecular weight is 289 g/mol. The average Bonchev–Trinajstić information content (AvgIpc) is 2.88. The monoisotopic (exact) mass is 289 g/mol. The second-order valence-electron chi connectivity index (χ2n) is 6.13. The Bertz CT molecular complexity index is 536. The quantitative estimate of drug-likeness (QED) is 0.843. The van der Waals surface area contributed by atoms with E-state index in [2.05, 4.69) is 32.9 Å². The van der Waals surface area contributed by atoms with Gasteiger partial charge < -0.3 is 5.11 Å². The van der Waals surface area contributed by atoms with Crippen LogP contribution in [0.25, 0.3) is 0 Å². The van der Waals surface area contributed by atoms with E-state index < -0.39 is 5.97 Å². The first-order chi connectivity index (χ1) is 10.2. The minimum absolute atomic E-state index is 0.161. The van der Waals surface area contributed by atoms with Crippen LogP contribution in [0.5, 0.6) is 0 Å². The van der Waals surface area contributed by atoms with Crippen molar-refractivity contribution in [3.05, 3.63) is 29.6 Å². The smallest absolute Gasteiger partial charge is 0.303 e. The summed E-state index contributed by atoms with van der Waals surface area (Å²) in [5.41, 5.74) is 2.14. The van der Waals surface area contributed by atoms with E-state index in [0.29, 0.717) is 6.42 Å². The Hall–Kier alpha value is -1.62. The second kappa shape index (κ2) is 6.43. The Morgan fingerprint density at radius 2 is 2.29 bits per heavy atom. The predicted octanol–water partition coefficient (Wildman–Crippen LogP) is 2.07. The van der Waals surface area contributed by atoms with Gasteiger partial charge in [0.05, 0.1) is 24.4 Å². The van der Waals surface area contributed by atoms with Gasteiger partial charge in [0.25, 0.3) is 0 Å². The molecule has 0 fully saturated rings. The number of aromatic nitrogens is 2. The van der Waals surface area contributed by atoms with Gasteiger partial charge in [0.15, 0.2) is 0 Å². The van der Waals surface area contributed by atoms with Crippen molar-refractivity contribution in [2.45, 2.75) is 45.2 Å². The van der Waals surface area contributed by atoms with E-state index in [-0.39, 0.29) is 6.42 Å². The molecule has 5 nitrogen and oxygen atoms in total. The van der Waals surface area contributed by atoms with Gasteiger partial charge >= 0.3 is 5.97 Å². The molecule has 1 aliphatic carbocycles. The normalized spacial score (nSPS) is 22.2. The first kappa shape index (κ1) is 14.3. The van der Waals surface area contributed by atoms with Crippen molar-refractivity contribution >= 4 is 5.97 Å². The number of carboxylic acid groups (broad SMARTS) is 1. The molecular formula is C16H23N3O2. The van der Waals surface area contributed by atoms with E-state index in [9.17, 15) is 4.79 Å². The molecule has 2 aliphatic rings. The molecule has 0 aromatic carbocycles. The molecule has 0 saturated carbocycles. The Balaban J connectivity index is 1.57. The van der Waals surface area contributed by atoms with Gasteiger partial charge in [0, 0.05) is 26.1 Å². The number of hydrogen-bond acceptors (Lipinski definition) is 3. The number of aryl methyl sites for hydroxylation is 1. The second-order valence-corrected chi connectivity index (χ2v) is 6.13. The first-order valence-corrected chi connectivity index (χ1v) is 7.85. The van der Waals surface area contributed by atoms with Crippen LogP contribution in [0.4, 0.5) is 0 Å². The van der Waals surface area contributed by atoms with E-state index >= 15 is 0 Å². The van der Waals surface area contributed by atoms with Gasteiger partial charge in [-0.2, -0.15) is 5.10 Å². The van der Waals surface area contributed by atoms with Crippen molar-refractivity contribution in [2.24, 2.45) is 5.92 Å². The van der Waals surface area contributed by atoms with Crippen LogP contribution >= 0.6 is 0 Å². The molecule has 0 radical (unpaired) electrons. The molecule has 0 bridgehead atoms. The van der Waals surface area contributed by atoms with E-state index in [0.717, 1.165) is 31.2 Å². The summed E-state index contributed by atoms with van der Waals surface area (Å²) in [5.74, 6) is 0.0314. The zero-order valence-corrected chi connectivity index (χ0v) is 12.4. The van der Waals surface area contributed by atoms with Crippen LogP contribution in [0.1, 0.15) is 37.1 Å². The lowest BCUT2D eigenvalue weighted by Gasteiger charge is -2.31. The van der Waals surface area contributed by atoms with Crippen LogP contribution in [-0.4, -0.2) is 38.8 Å². The fourth-order valence-electron chi connectivity index (χ4n) is 3.28. The Morgan fingerprint density at radius 3 is 3.05 bits per heavy atom. The van der Waals surface area contributed by atoms with Gasteiger partial charge in [-0.05, 0) is 31.2 Å². The van der Waals surface area contributed by atoms with E-state index in [1.807, 2.05) is 0 Å². The highest BCUT2D eigenvalue weighted by Crippen LogP contribution is 2.22. The summed E-state index contributed by atoms with van der Waals surface area (Å²) in [5, 5.41) is 13.3. The number of aliphatic carboxylic acids is 1. The highest BCUT2D eigenvalue weighted by molar-refractivity contribution is 5.66. The molecule has 21 heavy (non-hydrogen) atoms. The van der Waals surface area contributed by atoms with Gasteiger partial charge in [-0.25, -0.2) is 0 Å². The maximum atomic E-state index is 10.6. The highest BCUT2D eigenvalue weighted by Gasteiger charge is 2.21. The SMILES string of the molecule is O=C(O)CCc1cc2n(n1)CCN(CC1CC=CCC1)C2. The lowest BCUT2D eigenvalue weighted by atomic mass is 9.94. The summed E-state index contributed by atoms with van der Waals surface area (Å²) in [7, 11) is 0. The number of nitrogens with zero attached hydrogens (tertiary/aromatic N) is 3. The van der Waals surface area contributed by atoms with E-state index in [1.54, 1.807) is 0 Å². The number of carbonyl (C=O) groups is 1. The molecule has 1 atom stereocenters. The third kappa shape index (κ3) is 3.73. The van der Waals surface area contributed by atoms with Crippen molar-refractivity contribution in [1.82, 2.24) is 14.7 Å². The molecule has 1 aromatic heterocycles. The maximum absolute atomic E-state index is 10.6. The number of carboxylic acids is 1. The minimum Gasteiger partial charge on any atom is -0.481 e. The third-order valence-corrected chi connectivity index (χ3v) is 4.42. The van der Waals surface area contributed by atoms with Crippen molar-refractivity contribution < 1.29 is 9.90 Å². The van der Waals surface area contributed by atoms with Gasteiger partial charge in [-0.15, -0.1) is 0 Å². The molecule has 3 rings (SSSR count). The van der Waals surface area contributed by atoms with Crippen LogP contribution in [0.3, 0.4) is 0 Å². The summed E-state index contributed by atoms with van der Waals surface area (Å²) in [6.45, 7) is 4.08. The summed E-state index contributed by atoms with van der Waals surface area (Å²) >= 11 is 0. The highest BCUT2D eigenvalue weighted by atomic mass is 16.4. The van der Waals surface area contributed by atoms with Crippen molar-refractivity contribution in [1.29, 1.82) is 0 Å². The number of allylic oxidation sites excluding steroid dienone is 2. The molecule has 2 heterocycles. The van der Waals surface area contributed by atoms with E-state index in [4.69, 9.17) is 5.11 Å². The Morgan fingerprint density at radius 1 is 1.38 bits per heavy atom. The summed E-state index contributed by atoms with van der Waals surface area (Å²) in [6, 6.07) is 2.08. The van der Waals surface area contributed by atoms with Crippen molar-refractivity contribution in [3.8, 4) is 0 Å². The van der Waals surface area contributed by atoms with Crippen LogP contribution in [0.2, 0.25) is 0 Å². The molecule has 1 unspecified atom stereocenters. The van der Waals surface area contributed by atoms with Crippen molar-refractivity contribution in [2.75, 3.05) is 13.1 Å². The molecule has 114 valence electrons. The molecular weight excluding hydrogens is 266 g/mol. The van der Waals surface area contributed by atoms with Gasteiger partial charge in [0.2, 0.25) is 0 Å². The molecule has 1 aromatic rings. The summed E-state index contributed by atoms with van der Waals surface area (Å²) in [4.78, 5) is 13.2. The molecule has 0 amide bonds. The lowest BCUT2D eigenvalue weighted by molar-refractivity contribution is -0.136. The maximum Gasteiger partial charge on any atom is 0.303 e. The zero-order valence-electron chi connectivity index (χ0n) is 12.4. The van der Waals surface area contributed by atoms with Gasteiger partial charge in [-0.1, -0.05) is 12.2 Å². The first-order valence-electron chi connectivity index (χ1n) is 7.85. The minimum atomic E-state index is -0.757. The van der Waals surface area contributed by atoms with Gasteiger partial charge in [-0.3, -0.25) is 14.4 Å². The van der Waals surface area contributed by atoms with Gasteiger partial charge in [0.1, 0.15) is 0 Å². The molecule has 0 spiro atoms. The van der Waals surface area contributed by atoms with Crippen molar-refractivity contribution in [3.63, 3.8) is 0 Å².